The van der Waals surface area contributed by atoms with Crippen molar-refractivity contribution in [3.8, 4) is 0 Å². The van der Waals surface area contributed by atoms with Crippen LogP contribution < -0.4 is 5.32 Å². The van der Waals surface area contributed by atoms with Crippen LogP contribution in [0.4, 0.5) is 0 Å². The summed E-state index contributed by atoms with van der Waals surface area (Å²) in [5.74, 6) is 0.248. The van der Waals surface area contributed by atoms with Crippen LogP contribution in [0.15, 0.2) is 0 Å². The molecule has 2 fully saturated rings. The van der Waals surface area contributed by atoms with Crippen LogP contribution in [0.2, 0.25) is 0 Å². The number of aliphatic hydroxyl groups is 1. The Morgan fingerprint density at radius 2 is 2.20 bits per heavy atom. The van der Waals surface area contributed by atoms with Gasteiger partial charge < -0.3 is 20.1 Å². The fourth-order valence-electron chi connectivity index (χ4n) is 2.77. The van der Waals surface area contributed by atoms with E-state index in [1.807, 2.05) is 7.05 Å². The van der Waals surface area contributed by atoms with E-state index in [2.05, 4.69) is 17.1 Å². The molecule has 0 unspecified atom stereocenters. The third kappa shape index (κ3) is 3.93. The fraction of sp³-hybridized carbons (Fsp3) is 0.933. The minimum atomic E-state index is -0.594. The summed E-state index contributed by atoms with van der Waals surface area (Å²) in [4.78, 5) is 14.1. The lowest BCUT2D eigenvalue weighted by atomic mass is 9.84. The van der Waals surface area contributed by atoms with Crippen molar-refractivity contribution >= 4 is 5.91 Å². The number of carbonyl (C=O) groups is 1. The highest BCUT2D eigenvalue weighted by molar-refractivity contribution is 5.79. The van der Waals surface area contributed by atoms with E-state index < -0.39 is 6.10 Å². The number of aliphatic hydroxyl groups excluding tert-OH is 1. The summed E-state index contributed by atoms with van der Waals surface area (Å²) in [7, 11) is 2.05. The van der Waals surface area contributed by atoms with E-state index in [4.69, 9.17) is 4.74 Å². The second kappa shape index (κ2) is 7.38. The van der Waals surface area contributed by atoms with E-state index in [0.29, 0.717) is 6.61 Å². The summed E-state index contributed by atoms with van der Waals surface area (Å²) in [6.07, 6.45) is 4.65. The molecule has 1 heterocycles. The zero-order chi connectivity index (χ0) is 14.5. The molecule has 116 valence electrons. The highest BCUT2D eigenvalue weighted by atomic mass is 16.5. The van der Waals surface area contributed by atoms with Crippen molar-refractivity contribution in [3.63, 3.8) is 0 Å². The predicted octanol–water partition coefficient (Wildman–Crippen LogP) is 0.763. The smallest absolute Gasteiger partial charge is 0.223 e. The third-order valence-electron chi connectivity index (χ3n) is 4.47. The van der Waals surface area contributed by atoms with Gasteiger partial charge in [-0.2, -0.15) is 0 Å². The summed E-state index contributed by atoms with van der Waals surface area (Å²) in [6, 6.07) is -0.243. The summed E-state index contributed by atoms with van der Waals surface area (Å²) < 4.78 is 5.65. The maximum absolute atomic E-state index is 11.9. The molecule has 5 nitrogen and oxygen atoms in total. The lowest BCUT2D eigenvalue weighted by Crippen LogP contribution is -2.49. The Bertz CT molecular complexity index is 320. The molecule has 20 heavy (non-hydrogen) atoms. The van der Waals surface area contributed by atoms with Crippen molar-refractivity contribution in [1.82, 2.24) is 10.2 Å². The molecule has 0 aromatic rings. The Morgan fingerprint density at radius 3 is 2.80 bits per heavy atom. The number of nitrogens with zero attached hydrogens (tertiary/aromatic N) is 1. The maximum Gasteiger partial charge on any atom is 0.223 e. The van der Waals surface area contributed by atoms with Crippen molar-refractivity contribution < 1.29 is 14.6 Å². The molecular weight excluding hydrogens is 256 g/mol. The minimum absolute atomic E-state index is 0.0869. The van der Waals surface area contributed by atoms with Gasteiger partial charge >= 0.3 is 0 Å². The number of rotatable bonds is 7. The van der Waals surface area contributed by atoms with E-state index in [9.17, 15) is 9.90 Å². The average Bonchev–Trinajstić information content (AvgIpc) is 2.67. The standard InChI is InChI=1S/C15H28N2O3/c1-3-4-8-17(2)9-13-14(18)12(10-20-13)16-15(19)11-6-5-7-11/h11-14,18H,3-10H2,1-2H3,(H,16,19)/t12-,13-,14+/m0/s1. The highest BCUT2D eigenvalue weighted by Gasteiger charge is 2.38. The molecule has 0 bridgehead atoms. The molecule has 0 aromatic carbocycles. The van der Waals surface area contributed by atoms with Crippen molar-refractivity contribution in [1.29, 1.82) is 0 Å². The second-order valence-electron chi connectivity index (χ2n) is 6.22. The molecule has 1 aliphatic heterocycles. The molecule has 5 heteroatoms. The molecule has 0 aromatic heterocycles. The van der Waals surface area contributed by atoms with E-state index in [1.165, 1.54) is 6.42 Å². The van der Waals surface area contributed by atoms with Crippen molar-refractivity contribution in [2.75, 3.05) is 26.7 Å². The van der Waals surface area contributed by atoms with E-state index in [0.717, 1.165) is 38.8 Å². The van der Waals surface area contributed by atoms with E-state index >= 15 is 0 Å². The summed E-state index contributed by atoms with van der Waals surface area (Å²) in [6.45, 7) is 4.33. The third-order valence-corrected chi connectivity index (χ3v) is 4.47. The Hall–Kier alpha value is -0.650. The molecule has 1 aliphatic carbocycles. The SMILES string of the molecule is CCCCN(C)C[C@@H]1OC[C@H](NC(=O)C2CCC2)[C@H]1O. The molecule has 1 saturated carbocycles. The van der Waals surface area contributed by atoms with Crippen LogP contribution in [-0.2, 0) is 9.53 Å². The van der Waals surface area contributed by atoms with Gasteiger partial charge in [0.15, 0.2) is 0 Å². The first kappa shape index (κ1) is 15.7. The normalized spacial score (nSPS) is 30.5. The molecule has 0 radical (unpaired) electrons. The van der Waals surface area contributed by atoms with Gasteiger partial charge in [-0.05, 0) is 32.9 Å². The summed E-state index contributed by atoms with van der Waals surface area (Å²) in [5.41, 5.74) is 0. The average molecular weight is 284 g/mol. The Balaban J connectivity index is 1.73. The van der Waals surface area contributed by atoms with Gasteiger partial charge in [0, 0.05) is 12.5 Å². The monoisotopic (exact) mass is 284 g/mol. The number of hydrogen-bond acceptors (Lipinski definition) is 4. The number of amides is 1. The summed E-state index contributed by atoms with van der Waals surface area (Å²) in [5, 5.41) is 13.2. The van der Waals surface area contributed by atoms with Crippen LogP contribution in [0.5, 0.6) is 0 Å². The lowest BCUT2D eigenvalue weighted by molar-refractivity contribution is -0.128. The van der Waals surface area contributed by atoms with Gasteiger partial charge in [-0.25, -0.2) is 0 Å². The molecule has 2 N–H and O–H groups in total. The maximum atomic E-state index is 11.9. The van der Waals surface area contributed by atoms with Gasteiger partial charge in [-0.3, -0.25) is 4.79 Å². The first-order chi connectivity index (χ1) is 9.61. The predicted molar refractivity (Wildman–Crippen MR) is 77.4 cm³/mol. The molecule has 2 rings (SSSR count). The number of hydrogen-bond donors (Lipinski definition) is 2. The fourth-order valence-corrected chi connectivity index (χ4v) is 2.77. The highest BCUT2D eigenvalue weighted by Crippen LogP contribution is 2.27. The van der Waals surface area contributed by atoms with Gasteiger partial charge in [0.25, 0.3) is 0 Å². The van der Waals surface area contributed by atoms with Gasteiger partial charge in [0.2, 0.25) is 5.91 Å². The molecule has 0 spiro atoms. The van der Waals surface area contributed by atoms with Crippen molar-refractivity contribution in [2.24, 2.45) is 5.92 Å². The van der Waals surface area contributed by atoms with Gasteiger partial charge in [0.1, 0.15) is 6.10 Å². The van der Waals surface area contributed by atoms with Crippen molar-refractivity contribution in [2.45, 2.75) is 57.3 Å². The lowest BCUT2D eigenvalue weighted by Gasteiger charge is -2.27. The Kier molecular flexibility index (Phi) is 5.81. The van der Waals surface area contributed by atoms with Crippen LogP contribution in [0.3, 0.4) is 0 Å². The van der Waals surface area contributed by atoms with E-state index in [-0.39, 0.29) is 24.0 Å². The zero-order valence-corrected chi connectivity index (χ0v) is 12.7. The molecular formula is C15H28N2O3. The second-order valence-corrected chi connectivity index (χ2v) is 6.22. The van der Waals surface area contributed by atoms with Crippen LogP contribution in [-0.4, -0.2) is 60.9 Å². The van der Waals surface area contributed by atoms with Crippen LogP contribution >= 0.6 is 0 Å². The first-order valence-electron chi connectivity index (χ1n) is 7.90. The van der Waals surface area contributed by atoms with Crippen LogP contribution in [0, 0.1) is 5.92 Å². The van der Waals surface area contributed by atoms with Gasteiger partial charge in [0.05, 0.1) is 18.8 Å². The van der Waals surface area contributed by atoms with Gasteiger partial charge in [-0.15, -0.1) is 0 Å². The number of likely N-dealkylation sites (N-methyl/N-ethyl adjacent to an activating group) is 1. The summed E-state index contributed by atoms with van der Waals surface area (Å²) >= 11 is 0. The minimum Gasteiger partial charge on any atom is -0.388 e. The Morgan fingerprint density at radius 1 is 1.45 bits per heavy atom. The van der Waals surface area contributed by atoms with Gasteiger partial charge in [-0.1, -0.05) is 19.8 Å². The van der Waals surface area contributed by atoms with E-state index in [1.54, 1.807) is 0 Å². The molecule has 3 atom stereocenters. The number of unbranched alkanes of at least 4 members (excludes halogenated alkanes) is 1. The molecule has 1 saturated heterocycles. The Labute approximate surface area is 121 Å². The number of carbonyl (C=O) groups excluding carboxylic acids is 1. The zero-order valence-electron chi connectivity index (χ0n) is 12.7. The number of nitrogens with one attached hydrogen (secondary N) is 1. The van der Waals surface area contributed by atoms with Crippen LogP contribution in [0.1, 0.15) is 39.0 Å². The first-order valence-corrected chi connectivity index (χ1v) is 7.90. The topological polar surface area (TPSA) is 61.8 Å². The van der Waals surface area contributed by atoms with Crippen molar-refractivity contribution in [3.05, 3.63) is 0 Å². The number of ether oxygens (including phenoxy) is 1. The molecule has 2 aliphatic rings. The molecule has 1 amide bonds. The van der Waals surface area contributed by atoms with Crippen LogP contribution in [0.25, 0.3) is 0 Å². The largest absolute Gasteiger partial charge is 0.388 e. The quantitative estimate of drug-likeness (QED) is 0.725.